The van der Waals surface area contributed by atoms with E-state index in [0.717, 1.165) is 22.4 Å². The molecule has 29 heavy (non-hydrogen) atoms. The molecule has 1 unspecified atom stereocenters. The monoisotopic (exact) mass is 387 g/mol. The summed E-state index contributed by atoms with van der Waals surface area (Å²) in [5.74, 6) is 0.588. The van der Waals surface area contributed by atoms with E-state index >= 15 is 0 Å². The van der Waals surface area contributed by atoms with Gasteiger partial charge in [-0.15, -0.1) is 0 Å². The minimum Gasteiger partial charge on any atom is -0.380 e. The lowest BCUT2D eigenvalue weighted by atomic mass is 10.0. The maximum atomic E-state index is 13.1. The van der Waals surface area contributed by atoms with Gasteiger partial charge >= 0.3 is 0 Å². The van der Waals surface area contributed by atoms with Crippen LogP contribution in [0, 0.1) is 13.8 Å². The number of aromatic nitrogens is 1. The van der Waals surface area contributed by atoms with E-state index in [0.29, 0.717) is 24.5 Å². The van der Waals surface area contributed by atoms with E-state index in [-0.39, 0.29) is 12.1 Å². The second-order valence-corrected chi connectivity index (χ2v) is 7.45. The summed E-state index contributed by atoms with van der Waals surface area (Å²) in [6.07, 6.45) is -0.291. The van der Waals surface area contributed by atoms with Crippen LogP contribution in [0.4, 0.5) is 5.82 Å². The molecule has 1 aliphatic heterocycles. The molecular formula is C24H25N3O2. The number of anilines is 1. The molecule has 0 aliphatic carbocycles. The molecule has 5 nitrogen and oxygen atoms in total. The van der Waals surface area contributed by atoms with E-state index in [2.05, 4.69) is 53.5 Å². The van der Waals surface area contributed by atoms with Gasteiger partial charge in [-0.1, -0.05) is 60.2 Å². The van der Waals surface area contributed by atoms with Crippen LogP contribution in [-0.4, -0.2) is 18.0 Å². The average molecular weight is 387 g/mol. The maximum Gasteiger partial charge on any atom is 0.257 e. The Balaban J connectivity index is 1.85. The molecule has 1 aromatic heterocycles. The van der Waals surface area contributed by atoms with E-state index in [9.17, 15) is 4.79 Å². The fourth-order valence-electron chi connectivity index (χ4n) is 3.80. The highest BCUT2D eigenvalue weighted by Gasteiger charge is 2.35. The molecule has 2 heterocycles. The summed E-state index contributed by atoms with van der Waals surface area (Å²) in [5.41, 5.74) is 5.68. The smallest absolute Gasteiger partial charge is 0.257 e. The number of pyridine rings is 1. The molecule has 148 valence electrons. The zero-order valence-corrected chi connectivity index (χ0v) is 17.0. The van der Waals surface area contributed by atoms with Gasteiger partial charge in [0.2, 0.25) is 0 Å². The number of fused-ring (bicyclic) bond motifs is 1. The van der Waals surface area contributed by atoms with Crippen LogP contribution >= 0.6 is 0 Å². The number of benzene rings is 2. The summed E-state index contributed by atoms with van der Waals surface area (Å²) in [6.45, 7) is 5.01. The van der Waals surface area contributed by atoms with Crippen molar-refractivity contribution in [3.8, 4) is 0 Å². The van der Waals surface area contributed by atoms with Crippen LogP contribution in [0.1, 0.15) is 44.5 Å². The fraction of sp³-hybridized carbons (Fsp3) is 0.250. The summed E-state index contributed by atoms with van der Waals surface area (Å²) in [7, 11) is 1.64. The van der Waals surface area contributed by atoms with Gasteiger partial charge in [0.25, 0.3) is 5.91 Å². The number of methoxy groups -OCH3 is 1. The average Bonchev–Trinajstić information content (AvgIpc) is 2.71. The Labute approximate surface area is 171 Å². The predicted molar refractivity (Wildman–Crippen MR) is 114 cm³/mol. The summed E-state index contributed by atoms with van der Waals surface area (Å²) in [6, 6.07) is 20.4. The van der Waals surface area contributed by atoms with Gasteiger partial charge in [-0.25, -0.2) is 4.98 Å². The Kier molecular flexibility index (Phi) is 5.32. The SMILES string of the molecule is COCc1cc(C)nc2c1C(=O)NC(c1ccc(C)cc1)N2Cc1ccccc1. The zero-order chi connectivity index (χ0) is 20.4. The van der Waals surface area contributed by atoms with Gasteiger partial charge in [0.15, 0.2) is 0 Å². The van der Waals surface area contributed by atoms with Crippen LogP contribution in [0.3, 0.4) is 0 Å². The molecular weight excluding hydrogens is 362 g/mol. The minimum absolute atomic E-state index is 0.116. The fourth-order valence-corrected chi connectivity index (χ4v) is 3.80. The van der Waals surface area contributed by atoms with Gasteiger partial charge in [-0.2, -0.15) is 0 Å². The minimum atomic E-state index is -0.291. The van der Waals surface area contributed by atoms with Crippen LogP contribution in [0.25, 0.3) is 0 Å². The predicted octanol–water partition coefficient (Wildman–Crippen LogP) is 4.29. The first-order chi connectivity index (χ1) is 14.1. The van der Waals surface area contributed by atoms with E-state index < -0.39 is 0 Å². The second kappa shape index (κ2) is 8.05. The molecule has 1 amide bonds. The number of hydrogen-bond acceptors (Lipinski definition) is 4. The molecule has 1 atom stereocenters. The van der Waals surface area contributed by atoms with E-state index in [1.54, 1.807) is 7.11 Å². The summed E-state index contributed by atoms with van der Waals surface area (Å²) >= 11 is 0. The van der Waals surface area contributed by atoms with Crippen LogP contribution in [0.15, 0.2) is 60.7 Å². The molecule has 4 rings (SSSR count). The van der Waals surface area contributed by atoms with Crippen molar-refractivity contribution in [2.24, 2.45) is 0 Å². The van der Waals surface area contributed by atoms with Gasteiger partial charge in [0.05, 0.1) is 12.2 Å². The Hall–Kier alpha value is -3.18. The molecule has 5 heteroatoms. The molecule has 0 spiro atoms. The van der Waals surface area contributed by atoms with Crippen molar-refractivity contribution in [2.75, 3.05) is 12.0 Å². The van der Waals surface area contributed by atoms with Crippen molar-refractivity contribution in [3.05, 3.63) is 94.2 Å². The Bertz CT molecular complexity index is 1020. The van der Waals surface area contributed by atoms with Gasteiger partial charge in [0.1, 0.15) is 12.0 Å². The molecule has 0 saturated heterocycles. The standard InChI is InChI=1S/C24H25N3O2/c1-16-9-11-19(12-10-16)22-26-24(28)21-20(15-29-3)13-17(2)25-23(21)27(22)14-18-7-5-4-6-8-18/h4-13,22H,14-15H2,1-3H3,(H,26,28). The van der Waals surface area contributed by atoms with E-state index in [1.165, 1.54) is 5.56 Å². The third-order valence-corrected chi connectivity index (χ3v) is 5.18. The molecule has 0 bridgehead atoms. The third kappa shape index (κ3) is 3.87. The number of carbonyl (C=O) groups is 1. The lowest BCUT2D eigenvalue weighted by Crippen LogP contribution is -2.47. The van der Waals surface area contributed by atoms with Crippen molar-refractivity contribution >= 4 is 11.7 Å². The first kappa shape index (κ1) is 19.2. The lowest BCUT2D eigenvalue weighted by molar-refractivity contribution is 0.0919. The highest BCUT2D eigenvalue weighted by Crippen LogP contribution is 2.35. The van der Waals surface area contributed by atoms with E-state index in [4.69, 9.17) is 9.72 Å². The number of hydrogen-bond donors (Lipinski definition) is 1. The molecule has 0 saturated carbocycles. The highest BCUT2D eigenvalue weighted by molar-refractivity contribution is 6.02. The number of rotatable bonds is 5. The number of amides is 1. The number of nitrogens with one attached hydrogen (secondary N) is 1. The van der Waals surface area contributed by atoms with Crippen molar-refractivity contribution < 1.29 is 9.53 Å². The molecule has 1 N–H and O–H groups in total. The van der Waals surface area contributed by atoms with Crippen molar-refractivity contribution in [1.82, 2.24) is 10.3 Å². The van der Waals surface area contributed by atoms with Crippen LogP contribution in [0.2, 0.25) is 0 Å². The van der Waals surface area contributed by atoms with Crippen molar-refractivity contribution in [1.29, 1.82) is 0 Å². The zero-order valence-electron chi connectivity index (χ0n) is 17.0. The second-order valence-electron chi connectivity index (χ2n) is 7.45. The van der Waals surface area contributed by atoms with Crippen LogP contribution in [-0.2, 0) is 17.9 Å². The number of nitrogens with zero attached hydrogens (tertiary/aromatic N) is 2. The number of ether oxygens (including phenoxy) is 1. The summed E-state index contributed by atoms with van der Waals surface area (Å²) in [4.78, 5) is 20.1. The Morgan fingerprint density at radius 3 is 2.48 bits per heavy atom. The molecule has 0 radical (unpaired) electrons. The largest absolute Gasteiger partial charge is 0.380 e. The van der Waals surface area contributed by atoms with Gasteiger partial charge < -0.3 is 15.0 Å². The van der Waals surface area contributed by atoms with Crippen LogP contribution < -0.4 is 10.2 Å². The summed E-state index contributed by atoms with van der Waals surface area (Å²) < 4.78 is 5.35. The van der Waals surface area contributed by atoms with Gasteiger partial charge in [-0.05, 0) is 36.6 Å². The number of carbonyl (C=O) groups excluding carboxylic acids is 1. The third-order valence-electron chi connectivity index (χ3n) is 5.18. The quantitative estimate of drug-likeness (QED) is 0.709. The summed E-state index contributed by atoms with van der Waals surface area (Å²) in [5, 5.41) is 3.19. The topological polar surface area (TPSA) is 54.5 Å². The molecule has 3 aromatic rings. The van der Waals surface area contributed by atoms with E-state index in [1.807, 2.05) is 31.2 Å². The normalized spacial score (nSPS) is 15.8. The van der Waals surface area contributed by atoms with Gasteiger partial charge in [0, 0.05) is 19.3 Å². The van der Waals surface area contributed by atoms with Gasteiger partial charge in [-0.3, -0.25) is 4.79 Å². The lowest BCUT2D eigenvalue weighted by Gasteiger charge is -2.39. The van der Waals surface area contributed by atoms with Crippen LogP contribution in [0.5, 0.6) is 0 Å². The molecule has 2 aromatic carbocycles. The van der Waals surface area contributed by atoms with Crippen molar-refractivity contribution in [3.63, 3.8) is 0 Å². The highest BCUT2D eigenvalue weighted by atomic mass is 16.5. The number of aryl methyl sites for hydroxylation is 2. The first-order valence-corrected chi connectivity index (χ1v) is 9.74. The molecule has 0 fully saturated rings. The van der Waals surface area contributed by atoms with Crippen molar-refractivity contribution in [2.45, 2.75) is 33.2 Å². The maximum absolute atomic E-state index is 13.1. The first-order valence-electron chi connectivity index (χ1n) is 9.74. The Morgan fingerprint density at radius 1 is 1.07 bits per heavy atom. The molecule has 1 aliphatic rings. The Morgan fingerprint density at radius 2 is 1.79 bits per heavy atom.